The molecule has 36 heavy (non-hydrogen) atoms. The van der Waals surface area contributed by atoms with E-state index >= 15 is 0 Å². The van der Waals surface area contributed by atoms with Gasteiger partial charge in [-0.1, -0.05) is 49.4 Å². The summed E-state index contributed by atoms with van der Waals surface area (Å²) in [5.41, 5.74) is 2.55. The Bertz CT molecular complexity index is 1370. The fraction of sp³-hybridized carbons (Fsp3) is 0.185. The van der Waals surface area contributed by atoms with Crippen LogP contribution in [0.2, 0.25) is 0 Å². The van der Waals surface area contributed by atoms with Gasteiger partial charge in [0.25, 0.3) is 11.8 Å². The van der Waals surface area contributed by atoms with Gasteiger partial charge in [0.15, 0.2) is 5.75 Å². The maximum atomic E-state index is 14.1. The lowest BCUT2D eigenvalue weighted by Crippen LogP contribution is -2.15. The highest BCUT2D eigenvalue weighted by Crippen LogP contribution is 2.34. The minimum Gasteiger partial charge on any atom is -0.432 e. The summed E-state index contributed by atoms with van der Waals surface area (Å²) >= 11 is 0. The van der Waals surface area contributed by atoms with E-state index in [9.17, 15) is 22.4 Å². The molecule has 2 aromatic carbocycles. The van der Waals surface area contributed by atoms with E-state index in [2.05, 4.69) is 20.0 Å². The molecule has 9 heteroatoms. The van der Waals surface area contributed by atoms with E-state index in [0.29, 0.717) is 22.6 Å². The number of pyridine rings is 1. The van der Waals surface area contributed by atoms with E-state index in [1.807, 2.05) is 0 Å². The van der Waals surface area contributed by atoms with Gasteiger partial charge >= 0.3 is 6.61 Å². The summed E-state index contributed by atoms with van der Waals surface area (Å²) in [4.78, 5) is 20.5. The van der Waals surface area contributed by atoms with Crippen molar-refractivity contribution in [2.75, 3.05) is 5.32 Å². The number of carbonyl (C=O) groups is 1. The first-order chi connectivity index (χ1) is 17.2. The van der Waals surface area contributed by atoms with Gasteiger partial charge < -0.3 is 15.0 Å². The van der Waals surface area contributed by atoms with Gasteiger partial charge in [-0.25, -0.2) is 13.8 Å². The molecule has 4 aromatic rings. The standard InChI is InChI=1S/C27H23F4N3O2/c1-3-27(30,31)18-10-7-11-19(14-18)33-25(35)20-15-22(32-16(20)2)21-12-13-23(36-26(28)29)24(34-21)17-8-5-4-6-9-17/h4-15,26,32H,3H2,1-2H3,(H,33,35). The molecule has 0 aliphatic heterocycles. The van der Waals surface area contributed by atoms with Crippen LogP contribution in [0.3, 0.4) is 0 Å². The van der Waals surface area contributed by atoms with Crippen LogP contribution in [-0.2, 0) is 5.92 Å². The molecular formula is C27H23F4N3O2. The number of halogens is 4. The number of ether oxygens (including phenoxy) is 1. The summed E-state index contributed by atoms with van der Waals surface area (Å²) < 4.78 is 58.6. The predicted molar refractivity (Wildman–Crippen MR) is 129 cm³/mol. The highest BCUT2D eigenvalue weighted by Gasteiger charge is 2.29. The normalized spacial score (nSPS) is 11.5. The van der Waals surface area contributed by atoms with Crippen molar-refractivity contribution in [2.24, 2.45) is 0 Å². The summed E-state index contributed by atoms with van der Waals surface area (Å²) in [5, 5.41) is 2.65. The molecule has 2 aromatic heterocycles. The lowest BCUT2D eigenvalue weighted by molar-refractivity contribution is -0.0496. The zero-order valence-electron chi connectivity index (χ0n) is 19.5. The van der Waals surface area contributed by atoms with Crippen LogP contribution in [-0.4, -0.2) is 22.5 Å². The Balaban J connectivity index is 1.64. The molecule has 1 amide bonds. The number of hydrogen-bond acceptors (Lipinski definition) is 3. The first-order valence-corrected chi connectivity index (χ1v) is 11.2. The average molecular weight is 497 g/mol. The molecule has 0 saturated carbocycles. The second-order valence-electron chi connectivity index (χ2n) is 8.10. The zero-order valence-corrected chi connectivity index (χ0v) is 19.5. The Morgan fingerprint density at radius 2 is 1.81 bits per heavy atom. The monoisotopic (exact) mass is 497 g/mol. The lowest BCUT2D eigenvalue weighted by atomic mass is 10.1. The lowest BCUT2D eigenvalue weighted by Gasteiger charge is -2.15. The van der Waals surface area contributed by atoms with Crippen molar-refractivity contribution >= 4 is 11.6 Å². The second-order valence-corrected chi connectivity index (χ2v) is 8.10. The van der Waals surface area contributed by atoms with Gasteiger partial charge in [-0.05, 0) is 37.3 Å². The predicted octanol–water partition coefficient (Wildman–Crippen LogP) is 7.41. The average Bonchev–Trinajstić information content (AvgIpc) is 3.26. The molecule has 0 saturated heterocycles. The first-order valence-electron chi connectivity index (χ1n) is 11.2. The van der Waals surface area contributed by atoms with Crippen molar-refractivity contribution < 1.29 is 27.1 Å². The van der Waals surface area contributed by atoms with E-state index in [4.69, 9.17) is 0 Å². The Morgan fingerprint density at radius 1 is 1.06 bits per heavy atom. The van der Waals surface area contributed by atoms with Gasteiger partial charge in [0.05, 0.1) is 17.0 Å². The fourth-order valence-corrected chi connectivity index (χ4v) is 3.75. The third-order valence-corrected chi connectivity index (χ3v) is 5.64. The molecule has 0 spiro atoms. The number of anilines is 1. The number of H-pyrrole nitrogens is 1. The van der Waals surface area contributed by atoms with Gasteiger partial charge in [-0.3, -0.25) is 4.79 Å². The van der Waals surface area contributed by atoms with E-state index in [1.165, 1.54) is 43.3 Å². The van der Waals surface area contributed by atoms with Crippen molar-refractivity contribution in [2.45, 2.75) is 32.8 Å². The van der Waals surface area contributed by atoms with Crippen LogP contribution in [0.25, 0.3) is 22.6 Å². The van der Waals surface area contributed by atoms with Crippen molar-refractivity contribution in [1.29, 1.82) is 0 Å². The van der Waals surface area contributed by atoms with Gasteiger partial charge in [-0.15, -0.1) is 0 Å². The van der Waals surface area contributed by atoms with Gasteiger partial charge in [0.2, 0.25) is 0 Å². The maximum Gasteiger partial charge on any atom is 0.387 e. The minimum absolute atomic E-state index is 0.0787. The Kier molecular flexibility index (Phi) is 7.10. The summed E-state index contributed by atoms with van der Waals surface area (Å²) in [5.74, 6) is -3.57. The molecule has 0 bridgehead atoms. The topological polar surface area (TPSA) is 67.0 Å². The number of nitrogens with zero attached hydrogens (tertiary/aromatic N) is 1. The molecule has 0 aliphatic carbocycles. The quantitative estimate of drug-likeness (QED) is 0.249. The van der Waals surface area contributed by atoms with Crippen LogP contribution in [0.15, 0.2) is 72.8 Å². The molecule has 0 aliphatic rings. The number of benzene rings is 2. The summed E-state index contributed by atoms with van der Waals surface area (Å²) in [6, 6.07) is 18.8. The Morgan fingerprint density at radius 3 is 2.50 bits per heavy atom. The van der Waals surface area contributed by atoms with Crippen LogP contribution < -0.4 is 10.1 Å². The second kappa shape index (κ2) is 10.2. The molecule has 0 unspecified atom stereocenters. The summed E-state index contributed by atoms with van der Waals surface area (Å²) in [7, 11) is 0. The Labute approximate surface area is 205 Å². The molecule has 0 radical (unpaired) electrons. The van der Waals surface area contributed by atoms with Crippen molar-refractivity contribution in [3.8, 4) is 28.4 Å². The SMILES string of the molecule is CCC(F)(F)c1cccc(NC(=O)c2cc(-c3ccc(OC(F)F)c(-c4ccccc4)n3)[nH]c2C)c1. The molecule has 2 heterocycles. The molecular weight excluding hydrogens is 474 g/mol. The number of amides is 1. The number of hydrogen-bond donors (Lipinski definition) is 2. The van der Waals surface area contributed by atoms with Crippen molar-refractivity contribution in [1.82, 2.24) is 9.97 Å². The van der Waals surface area contributed by atoms with Crippen LogP contribution >= 0.6 is 0 Å². The highest BCUT2D eigenvalue weighted by molar-refractivity contribution is 6.06. The molecule has 2 N–H and O–H groups in total. The van der Waals surface area contributed by atoms with E-state index in [1.54, 1.807) is 43.3 Å². The van der Waals surface area contributed by atoms with Crippen LogP contribution in [0.5, 0.6) is 5.75 Å². The van der Waals surface area contributed by atoms with Crippen LogP contribution in [0.4, 0.5) is 23.2 Å². The third-order valence-electron chi connectivity index (χ3n) is 5.64. The van der Waals surface area contributed by atoms with E-state index in [-0.39, 0.29) is 34.7 Å². The summed E-state index contributed by atoms with van der Waals surface area (Å²) in [6.45, 7) is 0.0603. The smallest absolute Gasteiger partial charge is 0.387 e. The highest BCUT2D eigenvalue weighted by atomic mass is 19.3. The number of carbonyl (C=O) groups excluding carboxylic acids is 1. The third kappa shape index (κ3) is 5.40. The van der Waals surface area contributed by atoms with Crippen molar-refractivity contribution in [3.63, 3.8) is 0 Å². The van der Waals surface area contributed by atoms with Crippen LogP contribution in [0, 0.1) is 6.92 Å². The number of rotatable bonds is 8. The van der Waals surface area contributed by atoms with Gasteiger partial charge in [0, 0.05) is 28.9 Å². The number of nitrogens with one attached hydrogen (secondary N) is 2. The zero-order chi connectivity index (χ0) is 25.9. The first kappa shape index (κ1) is 25.0. The summed E-state index contributed by atoms with van der Waals surface area (Å²) in [6.07, 6.45) is -0.357. The van der Waals surface area contributed by atoms with E-state index < -0.39 is 18.4 Å². The fourth-order valence-electron chi connectivity index (χ4n) is 3.75. The largest absolute Gasteiger partial charge is 0.432 e. The molecule has 0 fully saturated rings. The number of aryl methyl sites for hydroxylation is 1. The molecule has 0 atom stereocenters. The van der Waals surface area contributed by atoms with Gasteiger partial charge in [0.1, 0.15) is 5.69 Å². The number of alkyl halides is 4. The van der Waals surface area contributed by atoms with Gasteiger partial charge in [-0.2, -0.15) is 8.78 Å². The number of aromatic nitrogens is 2. The van der Waals surface area contributed by atoms with Crippen molar-refractivity contribution in [3.05, 3.63) is 89.6 Å². The minimum atomic E-state index is -3.01. The van der Waals surface area contributed by atoms with Crippen LogP contribution in [0.1, 0.15) is 35.0 Å². The molecule has 186 valence electrons. The van der Waals surface area contributed by atoms with E-state index in [0.717, 1.165) is 0 Å². The maximum absolute atomic E-state index is 14.1. The Hall–Kier alpha value is -4.14. The number of aromatic amines is 1. The molecule has 5 nitrogen and oxygen atoms in total. The molecule has 4 rings (SSSR count).